The number of carbonyl (C=O) groups is 1. The first-order valence-electron chi connectivity index (χ1n) is 5.90. The second-order valence-corrected chi connectivity index (χ2v) is 4.56. The number of aromatic nitrogens is 2. The van der Waals surface area contributed by atoms with Gasteiger partial charge in [0.15, 0.2) is 0 Å². The predicted octanol–water partition coefficient (Wildman–Crippen LogP) is 0.196. The van der Waals surface area contributed by atoms with Crippen molar-refractivity contribution >= 4 is 5.97 Å². The monoisotopic (exact) mass is 237 g/mol. The molecule has 0 aliphatic carbocycles. The fourth-order valence-corrected chi connectivity index (χ4v) is 2.50. The normalized spacial score (nSPS) is 27.5. The van der Waals surface area contributed by atoms with Gasteiger partial charge in [0.25, 0.3) is 6.01 Å². The molecule has 6 nitrogen and oxygen atoms in total. The summed E-state index contributed by atoms with van der Waals surface area (Å²) >= 11 is 0. The van der Waals surface area contributed by atoms with Gasteiger partial charge >= 0.3 is 5.97 Å². The summed E-state index contributed by atoms with van der Waals surface area (Å²) in [6.45, 7) is 2.26. The van der Waals surface area contributed by atoms with E-state index in [2.05, 4.69) is 10.3 Å². The van der Waals surface area contributed by atoms with Gasteiger partial charge in [-0.05, 0) is 19.4 Å². The van der Waals surface area contributed by atoms with Crippen molar-refractivity contribution in [2.45, 2.75) is 31.3 Å². The molecule has 2 aliphatic rings. The molecule has 2 aliphatic heterocycles. The minimum absolute atomic E-state index is 0.221. The van der Waals surface area contributed by atoms with Gasteiger partial charge < -0.3 is 15.2 Å². The third kappa shape index (κ3) is 1.88. The van der Waals surface area contributed by atoms with Crippen LogP contribution >= 0.6 is 0 Å². The van der Waals surface area contributed by atoms with E-state index >= 15 is 0 Å². The van der Waals surface area contributed by atoms with Crippen LogP contribution in [0.15, 0.2) is 6.20 Å². The summed E-state index contributed by atoms with van der Waals surface area (Å²) in [4.78, 5) is 15.4. The van der Waals surface area contributed by atoms with E-state index in [0.29, 0.717) is 19.0 Å². The molecule has 0 spiro atoms. The number of carboxylic acid groups (broad SMARTS) is 1. The lowest BCUT2D eigenvalue weighted by Crippen LogP contribution is -2.42. The van der Waals surface area contributed by atoms with Crippen LogP contribution < -0.4 is 10.1 Å². The SMILES string of the molecule is O=C(O)C1CC(c2cn3c(n2)OCC3)CCN1. The highest BCUT2D eigenvalue weighted by atomic mass is 16.5. The van der Waals surface area contributed by atoms with Crippen molar-refractivity contribution in [3.05, 3.63) is 11.9 Å². The number of piperidine rings is 1. The summed E-state index contributed by atoms with van der Waals surface area (Å²) in [5.74, 6) is -0.559. The van der Waals surface area contributed by atoms with Crippen LogP contribution in [0.3, 0.4) is 0 Å². The molecule has 1 saturated heterocycles. The smallest absolute Gasteiger partial charge is 0.320 e. The van der Waals surface area contributed by atoms with E-state index in [1.165, 1.54) is 0 Å². The topological polar surface area (TPSA) is 76.4 Å². The summed E-state index contributed by atoms with van der Waals surface area (Å²) in [6.07, 6.45) is 3.53. The number of imidazole rings is 1. The van der Waals surface area contributed by atoms with Crippen molar-refractivity contribution in [1.82, 2.24) is 14.9 Å². The Morgan fingerprint density at radius 1 is 1.65 bits per heavy atom. The number of nitrogens with one attached hydrogen (secondary N) is 1. The molecule has 0 amide bonds. The third-order valence-electron chi connectivity index (χ3n) is 3.44. The molecule has 0 saturated carbocycles. The Bertz CT molecular complexity index is 422. The number of carboxylic acids is 1. The highest BCUT2D eigenvalue weighted by molar-refractivity contribution is 5.73. The summed E-state index contributed by atoms with van der Waals surface area (Å²) in [7, 11) is 0. The Labute approximate surface area is 98.6 Å². The Morgan fingerprint density at radius 3 is 3.29 bits per heavy atom. The van der Waals surface area contributed by atoms with Crippen molar-refractivity contribution in [3.63, 3.8) is 0 Å². The number of nitrogens with zero attached hydrogens (tertiary/aromatic N) is 2. The average molecular weight is 237 g/mol. The Kier molecular flexibility index (Phi) is 2.51. The Hall–Kier alpha value is -1.56. The second-order valence-electron chi connectivity index (χ2n) is 4.56. The maximum absolute atomic E-state index is 11.0. The zero-order chi connectivity index (χ0) is 11.8. The van der Waals surface area contributed by atoms with Crippen LogP contribution in [0, 0.1) is 0 Å². The Morgan fingerprint density at radius 2 is 2.53 bits per heavy atom. The second kappa shape index (κ2) is 4.03. The summed E-state index contributed by atoms with van der Waals surface area (Å²) in [6, 6.07) is 0.219. The molecule has 3 heterocycles. The lowest BCUT2D eigenvalue weighted by molar-refractivity contribution is -0.140. The number of rotatable bonds is 2. The van der Waals surface area contributed by atoms with Crippen LogP contribution in [0.2, 0.25) is 0 Å². The number of hydrogen-bond donors (Lipinski definition) is 2. The van der Waals surface area contributed by atoms with Crippen LogP contribution in [0.25, 0.3) is 0 Å². The van der Waals surface area contributed by atoms with Gasteiger partial charge in [-0.25, -0.2) is 4.98 Å². The van der Waals surface area contributed by atoms with Crippen LogP contribution in [0.4, 0.5) is 0 Å². The van der Waals surface area contributed by atoms with Gasteiger partial charge in [-0.2, -0.15) is 0 Å². The summed E-state index contributed by atoms with van der Waals surface area (Å²) < 4.78 is 7.36. The van der Waals surface area contributed by atoms with Gasteiger partial charge in [0.2, 0.25) is 0 Å². The molecule has 92 valence electrons. The number of aliphatic carboxylic acids is 1. The molecule has 3 rings (SSSR count). The highest BCUT2D eigenvalue weighted by Crippen LogP contribution is 2.30. The number of fused-ring (bicyclic) bond motifs is 1. The molecule has 0 radical (unpaired) electrons. The number of ether oxygens (including phenoxy) is 1. The molecular weight excluding hydrogens is 222 g/mol. The minimum atomic E-state index is -0.780. The molecule has 1 aromatic rings. The van der Waals surface area contributed by atoms with Crippen molar-refractivity contribution in [3.8, 4) is 6.01 Å². The van der Waals surface area contributed by atoms with Crippen LogP contribution in [-0.2, 0) is 11.3 Å². The maximum Gasteiger partial charge on any atom is 0.320 e. The van der Waals surface area contributed by atoms with E-state index < -0.39 is 12.0 Å². The molecule has 6 heteroatoms. The molecule has 2 N–H and O–H groups in total. The van der Waals surface area contributed by atoms with Crippen molar-refractivity contribution in [2.75, 3.05) is 13.2 Å². The molecule has 17 heavy (non-hydrogen) atoms. The molecule has 1 fully saturated rings. The summed E-state index contributed by atoms with van der Waals surface area (Å²) in [5, 5.41) is 12.0. The molecule has 1 aromatic heterocycles. The third-order valence-corrected chi connectivity index (χ3v) is 3.44. The van der Waals surface area contributed by atoms with Crippen molar-refractivity contribution in [2.24, 2.45) is 0 Å². The van der Waals surface area contributed by atoms with Crippen LogP contribution in [-0.4, -0.2) is 39.8 Å². The minimum Gasteiger partial charge on any atom is -0.480 e. The van der Waals surface area contributed by atoms with E-state index in [9.17, 15) is 4.79 Å². The first-order valence-corrected chi connectivity index (χ1v) is 5.90. The van der Waals surface area contributed by atoms with E-state index in [1.807, 2.05) is 10.8 Å². The van der Waals surface area contributed by atoms with E-state index in [4.69, 9.17) is 9.84 Å². The molecule has 0 aromatic carbocycles. The first kappa shape index (κ1) is 10.6. The standard InChI is InChI=1S/C11H15N3O3/c15-10(16)8-5-7(1-2-12-8)9-6-14-3-4-17-11(14)13-9/h6-8,12H,1-5H2,(H,15,16). The van der Waals surface area contributed by atoms with E-state index in [1.54, 1.807) is 0 Å². The first-order chi connectivity index (χ1) is 8.24. The van der Waals surface area contributed by atoms with Gasteiger partial charge in [0.05, 0.1) is 12.2 Å². The predicted molar refractivity (Wildman–Crippen MR) is 59.1 cm³/mol. The fraction of sp³-hybridized carbons (Fsp3) is 0.636. The van der Waals surface area contributed by atoms with Gasteiger partial charge in [0.1, 0.15) is 12.6 Å². The molecule has 2 unspecified atom stereocenters. The highest BCUT2D eigenvalue weighted by Gasteiger charge is 2.30. The van der Waals surface area contributed by atoms with E-state index in [-0.39, 0.29) is 5.92 Å². The summed E-state index contributed by atoms with van der Waals surface area (Å²) in [5.41, 5.74) is 0.965. The Balaban J connectivity index is 1.76. The zero-order valence-electron chi connectivity index (χ0n) is 9.43. The number of hydrogen-bond acceptors (Lipinski definition) is 4. The van der Waals surface area contributed by atoms with Crippen molar-refractivity contribution in [1.29, 1.82) is 0 Å². The van der Waals surface area contributed by atoms with Crippen molar-refractivity contribution < 1.29 is 14.6 Å². The fourth-order valence-electron chi connectivity index (χ4n) is 2.50. The van der Waals surface area contributed by atoms with Gasteiger partial charge in [-0.1, -0.05) is 0 Å². The maximum atomic E-state index is 11.0. The van der Waals surface area contributed by atoms with Gasteiger partial charge in [-0.3, -0.25) is 9.36 Å². The van der Waals surface area contributed by atoms with Crippen LogP contribution in [0.5, 0.6) is 6.01 Å². The van der Waals surface area contributed by atoms with Gasteiger partial charge in [0, 0.05) is 12.1 Å². The average Bonchev–Trinajstić information content (AvgIpc) is 2.89. The largest absolute Gasteiger partial charge is 0.480 e. The lowest BCUT2D eigenvalue weighted by Gasteiger charge is -2.26. The zero-order valence-corrected chi connectivity index (χ0v) is 9.43. The van der Waals surface area contributed by atoms with E-state index in [0.717, 1.165) is 25.2 Å². The van der Waals surface area contributed by atoms with Gasteiger partial charge in [-0.15, -0.1) is 0 Å². The molecular formula is C11H15N3O3. The molecule has 2 atom stereocenters. The molecule has 0 bridgehead atoms. The lowest BCUT2D eigenvalue weighted by atomic mass is 9.90. The quantitative estimate of drug-likeness (QED) is 0.768. The van der Waals surface area contributed by atoms with Crippen LogP contribution in [0.1, 0.15) is 24.5 Å².